The molecule has 27 heteroatoms. The average Bonchev–Trinajstić information content (AvgIpc) is 3.14. The second-order valence-electron chi connectivity index (χ2n) is 13.1. The lowest BCUT2D eigenvalue weighted by Gasteiger charge is -2.27. The Morgan fingerprint density at radius 3 is 1.22 bits per heavy atom. The van der Waals surface area contributed by atoms with Gasteiger partial charge in [0.15, 0.2) is 11.9 Å². The van der Waals surface area contributed by atoms with E-state index in [-0.39, 0.29) is 62.9 Å². The van der Waals surface area contributed by atoms with Crippen LogP contribution in [0.25, 0.3) is 0 Å². The standard InChI is InChI=1S/C33H57N13O13S/c1-16(47)41-18(5-3-12-39-32(35)36)27(55)43-19(6-4-13-40-33(37)38)28(56)46-22(15-25(52)53)31(59)45-21(11-14-60-2)30(58)44-20(8-10-24(50)51)29(57)42-17(26(34)54)7-9-23(48)49/h17-22H,3-15H2,1-2H3,(H2,34,54)(H,41,47)(H,42,57)(H,43,55)(H,44,58)(H,45,59)(H,46,56)(H,48,49)(H,50,51)(H,52,53)(H4,35,36,39)(H4,37,38,40)/t17-,18-,19-,20-,21+,22-/m0/s1. The van der Waals surface area contributed by atoms with Crippen LogP contribution in [0.15, 0.2) is 9.98 Å². The molecular weight excluding hydrogens is 819 g/mol. The number of thioether (sulfide) groups is 1. The number of rotatable bonds is 31. The molecule has 0 aromatic heterocycles. The van der Waals surface area contributed by atoms with Crippen molar-refractivity contribution in [2.24, 2.45) is 38.7 Å². The van der Waals surface area contributed by atoms with Crippen LogP contribution < -0.4 is 60.6 Å². The van der Waals surface area contributed by atoms with Gasteiger partial charge in [-0.05, 0) is 57.0 Å². The Hall–Kier alpha value is -6.41. The molecule has 0 heterocycles. The van der Waals surface area contributed by atoms with E-state index in [1.807, 2.05) is 0 Å². The number of hydrogen-bond acceptors (Lipinski definition) is 13. The molecule has 0 saturated heterocycles. The molecule has 19 N–H and O–H groups in total. The summed E-state index contributed by atoms with van der Waals surface area (Å²) in [6.07, 6.45) is -1.44. The molecule has 7 amide bonds. The smallest absolute Gasteiger partial charge is 0.305 e. The van der Waals surface area contributed by atoms with E-state index < -0.39 is 128 Å². The van der Waals surface area contributed by atoms with Gasteiger partial charge in [0, 0.05) is 32.9 Å². The number of carbonyl (C=O) groups excluding carboxylic acids is 7. The van der Waals surface area contributed by atoms with Gasteiger partial charge in [0.2, 0.25) is 41.4 Å². The zero-order valence-electron chi connectivity index (χ0n) is 33.3. The van der Waals surface area contributed by atoms with Gasteiger partial charge in [0.1, 0.15) is 36.3 Å². The molecule has 0 spiro atoms. The SMILES string of the molecule is CSCC[C@@H](NC(=O)[C@H](CC(=O)O)NC(=O)[C@H](CCCN=C(N)N)NC(=O)[C@H](CCCN=C(N)N)NC(C)=O)C(=O)N[C@@H](CCC(=O)O)C(=O)N[C@@H](CCC(=O)O)C(N)=O. The van der Waals surface area contributed by atoms with Gasteiger partial charge in [-0.3, -0.25) is 57.9 Å². The molecule has 0 aromatic carbocycles. The molecule has 0 unspecified atom stereocenters. The number of carboxylic acid groups (broad SMARTS) is 3. The summed E-state index contributed by atoms with van der Waals surface area (Å²) < 4.78 is 0. The number of hydrogen-bond donors (Lipinski definition) is 14. The van der Waals surface area contributed by atoms with Crippen LogP contribution in [0.5, 0.6) is 0 Å². The lowest BCUT2D eigenvalue weighted by atomic mass is 10.1. The Morgan fingerprint density at radius 2 is 0.850 bits per heavy atom. The number of carboxylic acids is 3. The van der Waals surface area contributed by atoms with E-state index in [0.29, 0.717) is 0 Å². The highest BCUT2D eigenvalue weighted by atomic mass is 32.2. The summed E-state index contributed by atoms with van der Waals surface area (Å²) in [7, 11) is 0. The maximum absolute atomic E-state index is 13.7. The van der Waals surface area contributed by atoms with E-state index in [0.717, 1.165) is 6.92 Å². The van der Waals surface area contributed by atoms with E-state index >= 15 is 0 Å². The highest BCUT2D eigenvalue weighted by molar-refractivity contribution is 7.98. The van der Waals surface area contributed by atoms with Crippen LogP contribution >= 0.6 is 11.8 Å². The predicted octanol–water partition coefficient (Wildman–Crippen LogP) is -5.54. The van der Waals surface area contributed by atoms with Gasteiger partial charge in [-0.2, -0.15) is 11.8 Å². The minimum atomic E-state index is -1.86. The summed E-state index contributed by atoms with van der Waals surface area (Å²) in [4.78, 5) is 133. The van der Waals surface area contributed by atoms with Gasteiger partial charge in [-0.25, -0.2) is 0 Å². The monoisotopic (exact) mass is 875 g/mol. The Bertz CT molecular complexity index is 1590. The van der Waals surface area contributed by atoms with Crippen LogP contribution in [0, 0.1) is 0 Å². The number of nitrogens with zero attached hydrogens (tertiary/aromatic N) is 2. The molecular formula is C33H57N13O13S. The minimum Gasteiger partial charge on any atom is -0.481 e. The van der Waals surface area contributed by atoms with Crippen LogP contribution in [0.2, 0.25) is 0 Å². The molecule has 0 aliphatic heterocycles. The van der Waals surface area contributed by atoms with Crippen molar-refractivity contribution in [3.63, 3.8) is 0 Å². The van der Waals surface area contributed by atoms with Crippen LogP contribution in [0.3, 0.4) is 0 Å². The topological polar surface area (TPSA) is 458 Å². The molecule has 60 heavy (non-hydrogen) atoms. The predicted molar refractivity (Wildman–Crippen MR) is 215 cm³/mol. The number of primary amides is 1. The zero-order chi connectivity index (χ0) is 45.9. The van der Waals surface area contributed by atoms with Crippen molar-refractivity contribution < 1.29 is 63.3 Å². The highest BCUT2D eigenvalue weighted by Gasteiger charge is 2.34. The van der Waals surface area contributed by atoms with Crippen LogP contribution in [0.1, 0.15) is 71.1 Å². The van der Waals surface area contributed by atoms with E-state index in [1.54, 1.807) is 6.26 Å². The van der Waals surface area contributed by atoms with Gasteiger partial charge in [0.25, 0.3) is 0 Å². The molecule has 338 valence electrons. The molecule has 0 aliphatic carbocycles. The van der Waals surface area contributed by atoms with Crippen molar-refractivity contribution in [3.05, 3.63) is 0 Å². The van der Waals surface area contributed by atoms with E-state index in [9.17, 15) is 58.2 Å². The highest BCUT2D eigenvalue weighted by Crippen LogP contribution is 2.09. The van der Waals surface area contributed by atoms with Gasteiger partial charge in [-0.15, -0.1) is 0 Å². The van der Waals surface area contributed by atoms with Crippen molar-refractivity contribution in [1.29, 1.82) is 0 Å². The van der Waals surface area contributed by atoms with Gasteiger partial charge in [0.05, 0.1) is 6.42 Å². The van der Waals surface area contributed by atoms with Gasteiger partial charge in [-0.1, -0.05) is 0 Å². The first-order chi connectivity index (χ1) is 28.1. The fourth-order valence-corrected chi connectivity index (χ4v) is 5.60. The number of nitrogens with two attached hydrogens (primary N) is 5. The molecule has 26 nitrogen and oxygen atoms in total. The maximum Gasteiger partial charge on any atom is 0.305 e. The summed E-state index contributed by atoms with van der Waals surface area (Å²) in [6, 6.07) is -9.14. The minimum absolute atomic E-state index is 0.00208. The first-order valence-electron chi connectivity index (χ1n) is 18.4. The third kappa shape index (κ3) is 24.4. The average molecular weight is 876 g/mol. The van der Waals surface area contributed by atoms with Crippen molar-refractivity contribution in [1.82, 2.24) is 31.9 Å². The molecule has 0 saturated carbocycles. The second-order valence-corrected chi connectivity index (χ2v) is 14.1. The van der Waals surface area contributed by atoms with Crippen molar-refractivity contribution in [3.8, 4) is 0 Å². The third-order valence-corrected chi connectivity index (χ3v) is 8.70. The fourth-order valence-electron chi connectivity index (χ4n) is 5.13. The quantitative estimate of drug-likeness (QED) is 0.0175. The Morgan fingerprint density at radius 1 is 0.500 bits per heavy atom. The van der Waals surface area contributed by atoms with Crippen LogP contribution in [-0.2, 0) is 47.9 Å². The molecule has 0 radical (unpaired) electrons. The Balaban J connectivity index is 6.47. The molecule has 0 rings (SSSR count). The number of aliphatic imine (C=N–C) groups is 2. The van der Waals surface area contributed by atoms with Crippen molar-refractivity contribution in [2.45, 2.75) is 107 Å². The molecule has 6 atom stereocenters. The van der Waals surface area contributed by atoms with Crippen LogP contribution in [0.4, 0.5) is 0 Å². The van der Waals surface area contributed by atoms with E-state index in [2.05, 4.69) is 41.9 Å². The Kier molecular flexibility index (Phi) is 25.8. The number of guanidine groups is 2. The van der Waals surface area contributed by atoms with Gasteiger partial charge >= 0.3 is 17.9 Å². The largest absolute Gasteiger partial charge is 0.481 e. The zero-order valence-corrected chi connectivity index (χ0v) is 34.1. The number of amides is 7. The summed E-state index contributed by atoms with van der Waals surface area (Å²) in [5.74, 6) is -11.3. The fraction of sp³-hybridized carbons (Fsp3) is 0.636. The molecule has 0 fully saturated rings. The second kappa shape index (κ2) is 28.9. The van der Waals surface area contributed by atoms with Crippen LogP contribution in [-0.4, -0.2) is 148 Å². The third-order valence-electron chi connectivity index (χ3n) is 8.06. The van der Waals surface area contributed by atoms with Gasteiger partial charge < -0.3 is 75.9 Å². The normalized spacial score (nSPS) is 13.6. The van der Waals surface area contributed by atoms with E-state index in [1.165, 1.54) is 11.8 Å². The first-order valence-corrected chi connectivity index (χ1v) is 19.8. The summed E-state index contributed by atoms with van der Waals surface area (Å²) in [6.45, 7) is 1.27. The summed E-state index contributed by atoms with van der Waals surface area (Å²) >= 11 is 1.24. The van der Waals surface area contributed by atoms with Crippen molar-refractivity contribution >= 4 is 82.9 Å². The first kappa shape index (κ1) is 53.6. The maximum atomic E-state index is 13.7. The molecule has 0 aromatic rings. The number of nitrogens with one attached hydrogen (secondary N) is 6. The number of carbonyl (C=O) groups is 10. The Labute approximate surface area is 348 Å². The lowest BCUT2D eigenvalue weighted by Crippen LogP contribution is -2.60. The summed E-state index contributed by atoms with van der Waals surface area (Å²) in [5, 5.41) is 41.9. The summed E-state index contributed by atoms with van der Waals surface area (Å²) in [5.41, 5.74) is 26.7. The van der Waals surface area contributed by atoms with Crippen molar-refractivity contribution in [2.75, 3.05) is 25.1 Å². The van der Waals surface area contributed by atoms with E-state index in [4.69, 9.17) is 33.8 Å². The lowest BCUT2D eigenvalue weighted by molar-refractivity contribution is -0.142. The molecule has 0 bridgehead atoms. The number of aliphatic carboxylic acids is 3. The molecule has 0 aliphatic rings.